The summed E-state index contributed by atoms with van der Waals surface area (Å²) in [5.41, 5.74) is 0.684. The number of hydrogen-bond acceptors (Lipinski definition) is 2. The molecule has 2 aliphatic rings. The monoisotopic (exact) mass is 210 g/mol. The molecule has 1 heterocycles. The molecule has 0 spiro atoms. The van der Waals surface area contributed by atoms with Crippen molar-refractivity contribution >= 4 is 0 Å². The topological polar surface area (TPSA) is 15.3 Å². The summed E-state index contributed by atoms with van der Waals surface area (Å²) in [7, 11) is 2.23. The van der Waals surface area contributed by atoms with Crippen molar-refractivity contribution in [3.05, 3.63) is 0 Å². The largest absolute Gasteiger partial charge is 0.313 e. The molecule has 1 aliphatic heterocycles. The zero-order valence-electron chi connectivity index (χ0n) is 10.4. The summed E-state index contributed by atoms with van der Waals surface area (Å²) < 4.78 is 0. The Morgan fingerprint density at radius 2 is 1.93 bits per heavy atom. The lowest BCUT2D eigenvalue weighted by molar-refractivity contribution is 0.111. The number of likely N-dealkylation sites (tertiary alicyclic amines) is 1. The molecule has 0 amide bonds. The molecule has 0 aromatic rings. The Morgan fingerprint density at radius 3 is 2.40 bits per heavy atom. The Morgan fingerprint density at radius 1 is 1.27 bits per heavy atom. The number of nitrogens with one attached hydrogen (secondary N) is 1. The Bertz CT molecular complexity index is 185. The molecule has 0 radical (unpaired) electrons. The quantitative estimate of drug-likeness (QED) is 0.765. The van der Waals surface area contributed by atoms with E-state index in [0.717, 1.165) is 6.04 Å². The Kier molecular flexibility index (Phi) is 3.68. The van der Waals surface area contributed by atoms with Gasteiger partial charge in [-0.25, -0.2) is 0 Å². The minimum Gasteiger partial charge on any atom is -0.313 e. The Hall–Kier alpha value is -0.0800. The molecule has 0 bridgehead atoms. The number of rotatable bonds is 4. The maximum absolute atomic E-state index is 3.81. The van der Waals surface area contributed by atoms with E-state index in [1.165, 1.54) is 58.2 Å². The van der Waals surface area contributed by atoms with E-state index < -0.39 is 0 Å². The van der Waals surface area contributed by atoms with Crippen molar-refractivity contribution in [2.24, 2.45) is 5.41 Å². The molecule has 0 atom stereocenters. The fraction of sp³-hybridized carbons (Fsp3) is 1.00. The molecule has 1 aliphatic carbocycles. The van der Waals surface area contributed by atoms with Gasteiger partial charge in [0.15, 0.2) is 0 Å². The van der Waals surface area contributed by atoms with Crippen LogP contribution < -0.4 is 5.32 Å². The minimum absolute atomic E-state index is 0.684. The summed E-state index contributed by atoms with van der Waals surface area (Å²) in [4.78, 5) is 2.44. The highest BCUT2D eigenvalue weighted by Gasteiger charge is 2.35. The van der Waals surface area contributed by atoms with Gasteiger partial charge in [-0.05, 0) is 57.7 Å². The number of hydrogen-bond donors (Lipinski definition) is 1. The van der Waals surface area contributed by atoms with Gasteiger partial charge in [0.1, 0.15) is 0 Å². The number of piperidine rings is 1. The van der Waals surface area contributed by atoms with E-state index in [1.54, 1.807) is 0 Å². The second kappa shape index (κ2) is 4.84. The third kappa shape index (κ3) is 2.73. The fourth-order valence-electron chi connectivity index (χ4n) is 2.91. The van der Waals surface area contributed by atoms with E-state index in [0.29, 0.717) is 5.41 Å². The molecule has 1 N–H and O–H groups in total. The molecule has 2 nitrogen and oxygen atoms in total. The molecule has 2 rings (SSSR count). The van der Waals surface area contributed by atoms with Crippen LogP contribution >= 0.6 is 0 Å². The van der Waals surface area contributed by atoms with Crippen LogP contribution in [-0.2, 0) is 0 Å². The van der Waals surface area contributed by atoms with Gasteiger partial charge in [0, 0.05) is 12.6 Å². The van der Waals surface area contributed by atoms with Gasteiger partial charge in [0.25, 0.3) is 0 Å². The van der Waals surface area contributed by atoms with Gasteiger partial charge in [0.2, 0.25) is 0 Å². The fourth-order valence-corrected chi connectivity index (χ4v) is 2.91. The van der Waals surface area contributed by atoms with Crippen LogP contribution in [0.3, 0.4) is 0 Å². The highest BCUT2D eigenvalue weighted by molar-refractivity contribution is 4.90. The highest BCUT2D eigenvalue weighted by atomic mass is 15.1. The molecule has 2 fully saturated rings. The summed E-state index contributed by atoms with van der Waals surface area (Å²) in [5, 5.41) is 3.81. The van der Waals surface area contributed by atoms with E-state index in [-0.39, 0.29) is 0 Å². The van der Waals surface area contributed by atoms with Gasteiger partial charge >= 0.3 is 0 Å². The lowest BCUT2D eigenvalue weighted by Gasteiger charge is -2.43. The first-order valence-electron chi connectivity index (χ1n) is 6.66. The molecule has 0 aromatic carbocycles. The third-order valence-corrected chi connectivity index (χ3v) is 4.65. The molecular formula is C13H26N2. The lowest BCUT2D eigenvalue weighted by atomic mass is 9.67. The van der Waals surface area contributed by atoms with E-state index >= 15 is 0 Å². The lowest BCUT2D eigenvalue weighted by Crippen LogP contribution is -2.47. The molecular weight excluding hydrogens is 184 g/mol. The minimum atomic E-state index is 0.684. The maximum Gasteiger partial charge on any atom is 0.00916 e. The van der Waals surface area contributed by atoms with Crippen molar-refractivity contribution in [2.75, 3.05) is 26.7 Å². The molecule has 1 saturated heterocycles. The van der Waals surface area contributed by atoms with Crippen molar-refractivity contribution in [3.8, 4) is 0 Å². The molecule has 0 unspecified atom stereocenters. The van der Waals surface area contributed by atoms with E-state index in [2.05, 4.69) is 24.2 Å². The van der Waals surface area contributed by atoms with Crippen LogP contribution in [0.1, 0.15) is 45.4 Å². The van der Waals surface area contributed by atoms with Crippen LogP contribution in [-0.4, -0.2) is 37.6 Å². The zero-order valence-corrected chi connectivity index (χ0v) is 10.4. The van der Waals surface area contributed by atoms with Gasteiger partial charge in [-0.1, -0.05) is 13.3 Å². The van der Waals surface area contributed by atoms with Crippen molar-refractivity contribution in [1.82, 2.24) is 10.2 Å². The SMILES string of the molecule is CCC1(CNC2CCN(C)CC2)CCC1. The van der Waals surface area contributed by atoms with Crippen LogP contribution in [0.2, 0.25) is 0 Å². The van der Waals surface area contributed by atoms with Gasteiger partial charge < -0.3 is 10.2 Å². The predicted octanol–water partition coefficient (Wildman–Crippen LogP) is 2.25. The first kappa shape index (κ1) is 11.4. The second-order valence-electron chi connectivity index (χ2n) is 5.67. The van der Waals surface area contributed by atoms with Gasteiger partial charge in [0.05, 0.1) is 0 Å². The molecule has 1 saturated carbocycles. The van der Waals surface area contributed by atoms with Gasteiger partial charge in [-0.2, -0.15) is 0 Å². The standard InChI is InChI=1S/C13H26N2/c1-3-13(7-4-8-13)11-14-12-5-9-15(2)10-6-12/h12,14H,3-11H2,1-2H3. The maximum atomic E-state index is 3.81. The highest BCUT2D eigenvalue weighted by Crippen LogP contribution is 2.43. The van der Waals surface area contributed by atoms with Crippen molar-refractivity contribution < 1.29 is 0 Å². The average Bonchev–Trinajstić information content (AvgIpc) is 2.20. The second-order valence-corrected chi connectivity index (χ2v) is 5.67. The third-order valence-electron chi connectivity index (χ3n) is 4.65. The zero-order chi connectivity index (χ0) is 10.7. The van der Waals surface area contributed by atoms with Crippen LogP contribution in [0.5, 0.6) is 0 Å². The Balaban J connectivity index is 1.69. The Labute approximate surface area is 94.4 Å². The van der Waals surface area contributed by atoms with Crippen molar-refractivity contribution in [3.63, 3.8) is 0 Å². The van der Waals surface area contributed by atoms with Crippen LogP contribution in [0.4, 0.5) is 0 Å². The van der Waals surface area contributed by atoms with Crippen LogP contribution in [0, 0.1) is 5.41 Å². The summed E-state index contributed by atoms with van der Waals surface area (Å²) in [6.45, 7) is 6.18. The summed E-state index contributed by atoms with van der Waals surface area (Å²) in [5.74, 6) is 0. The van der Waals surface area contributed by atoms with Crippen molar-refractivity contribution in [1.29, 1.82) is 0 Å². The van der Waals surface area contributed by atoms with Gasteiger partial charge in [-0.3, -0.25) is 0 Å². The summed E-state index contributed by atoms with van der Waals surface area (Å²) in [6, 6.07) is 0.797. The van der Waals surface area contributed by atoms with Crippen LogP contribution in [0.25, 0.3) is 0 Å². The van der Waals surface area contributed by atoms with Crippen LogP contribution in [0.15, 0.2) is 0 Å². The first-order valence-corrected chi connectivity index (χ1v) is 6.66. The smallest absolute Gasteiger partial charge is 0.00916 e. The molecule has 2 heteroatoms. The predicted molar refractivity (Wildman–Crippen MR) is 65.1 cm³/mol. The van der Waals surface area contributed by atoms with E-state index in [1.807, 2.05) is 0 Å². The van der Waals surface area contributed by atoms with E-state index in [9.17, 15) is 0 Å². The summed E-state index contributed by atoms with van der Waals surface area (Å²) in [6.07, 6.45) is 8.44. The molecule has 0 aromatic heterocycles. The number of nitrogens with zero attached hydrogens (tertiary/aromatic N) is 1. The van der Waals surface area contributed by atoms with Gasteiger partial charge in [-0.15, -0.1) is 0 Å². The van der Waals surface area contributed by atoms with E-state index in [4.69, 9.17) is 0 Å². The molecule has 88 valence electrons. The summed E-state index contributed by atoms with van der Waals surface area (Å²) >= 11 is 0. The first-order chi connectivity index (χ1) is 7.24. The molecule has 15 heavy (non-hydrogen) atoms. The van der Waals surface area contributed by atoms with Crippen molar-refractivity contribution in [2.45, 2.75) is 51.5 Å². The normalized spacial score (nSPS) is 27.6. The average molecular weight is 210 g/mol.